The van der Waals surface area contributed by atoms with Crippen LogP contribution in [0.4, 0.5) is 24.5 Å². The fraction of sp³-hybridized carbons (Fsp3) is 0.467. The Morgan fingerprint density at radius 1 is 0.985 bits per heavy atom. The van der Waals surface area contributed by atoms with Gasteiger partial charge in [0.1, 0.15) is 35.4 Å². The molecule has 1 spiro atoms. The third kappa shape index (κ3) is 9.32. The minimum atomic E-state index is -4.26. The number of nitriles is 1. The molecule has 0 aliphatic carbocycles. The highest BCUT2D eigenvalue weighted by Gasteiger charge is 2.44. The van der Waals surface area contributed by atoms with Crippen molar-refractivity contribution in [3.8, 4) is 17.6 Å². The number of benzene rings is 3. The number of rotatable bonds is 11. The Labute approximate surface area is 378 Å². The average Bonchev–Trinajstić information content (AvgIpc) is 3.93. The summed E-state index contributed by atoms with van der Waals surface area (Å²) in [6, 6.07) is 12.1. The van der Waals surface area contributed by atoms with Gasteiger partial charge < -0.3 is 19.7 Å². The summed E-state index contributed by atoms with van der Waals surface area (Å²) in [5.41, 5.74) is -0.230. The summed E-state index contributed by atoms with van der Waals surface area (Å²) in [4.78, 5) is 59.5. The fourth-order valence-electron chi connectivity index (χ4n) is 9.70. The number of hydrogen-bond donors (Lipinski definition) is 3. The molecule has 5 aliphatic heterocycles. The van der Waals surface area contributed by atoms with Crippen molar-refractivity contribution in [1.29, 1.82) is 5.26 Å². The summed E-state index contributed by atoms with van der Waals surface area (Å²) >= 11 is 0. The van der Waals surface area contributed by atoms with Crippen molar-refractivity contribution in [2.45, 2.75) is 81.1 Å². The van der Waals surface area contributed by atoms with Crippen LogP contribution < -0.4 is 25.7 Å². The summed E-state index contributed by atoms with van der Waals surface area (Å²) < 4.78 is 86.9. The number of amides is 3. The molecule has 3 N–H and O–H groups in total. The van der Waals surface area contributed by atoms with E-state index in [0.29, 0.717) is 81.5 Å². The normalized spacial score (nSPS) is 22.9. The van der Waals surface area contributed by atoms with E-state index in [1.165, 1.54) is 35.2 Å². The lowest BCUT2D eigenvalue weighted by Gasteiger charge is -2.40. The van der Waals surface area contributed by atoms with Gasteiger partial charge >= 0.3 is 10.2 Å². The van der Waals surface area contributed by atoms with Crippen LogP contribution in [-0.2, 0) is 29.3 Å². The first-order valence-electron chi connectivity index (χ1n) is 22.0. The Balaban J connectivity index is 0.783. The van der Waals surface area contributed by atoms with E-state index in [-0.39, 0.29) is 85.5 Å². The quantitative estimate of drug-likeness (QED) is 0.178. The lowest BCUT2D eigenvalue weighted by Crippen LogP contribution is -2.50. The summed E-state index contributed by atoms with van der Waals surface area (Å²) in [5.74, 6) is -2.63. The second-order valence-corrected chi connectivity index (χ2v) is 19.3. The molecule has 21 heteroatoms. The van der Waals surface area contributed by atoms with Gasteiger partial charge in [-0.1, -0.05) is 6.07 Å². The molecule has 3 aromatic carbocycles. The number of nitrogens with one attached hydrogen (secondary N) is 3. The standard InChI is InChI=1S/C45H48F3N9O8S/c46-28-11-16-56(23-28)66(62,63)53-38-6-4-35(47)42(34(38)22-49)65-31-2-5-37-33(20-31)44(61)57(26-50-37)30-21-45(64-25-30)12-17-55(18-13-45)41(59)24-54-14-9-27(10-15-54)32-3-1-29(19-36(32)48)51-39-7-8-40(58)52-43(39)60/h1-6,19-20,26-28,30,39,51,53H,7-18,21,23-25H2,(H,52,58,60)/t28?,30-,39?/m1/s1. The Morgan fingerprint density at radius 3 is 2.48 bits per heavy atom. The molecule has 5 fully saturated rings. The number of alkyl halides is 1. The Morgan fingerprint density at radius 2 is 1.77 bits per heavy atom. The van der Waals surface area contributed by atoms with Gasteiger partial charge in [-0.15, -0.1) is 0 Å². The van der Waals surface area contributed by atoms with E-state index in [2.05, 4.69) is 25.2 Å². The highest BCUT2D eigenvalue weighted by molar-refractivity contribution is 7.90. The van der Waals surface area contributed by atoms with Gasteiger partial charge in [0.2, 0.25) is 17.7 Å². The number of ether oxygens (including phenoxy) is 2. The SMILES string of the molecule is N#Cc1c(NS(=O)(=O)N2CCC(F)C2)ccc(F)c1Oc1ccc2ncn([C@H]3COC4(CCN(C(=O)CN5CCC(c6ccc(NC7CCC(=O)NC7=O)cc6F)CC5)CC4)C3)c(=O)c2c1. The number of fused-ring (bicyclic) bond motifs is 1. The number of imide groups is 1. The molecule has 6 heterocycles. The maximum Gasteiger partial charge on any atom is 0.301 e. The predicted octanol–water partition coefficient (Wildman–Crippen LogP) is 4.46. The molecule has 17 nitrogen and oxygen atoms in total. The van der Waals surface area contributed by atoms with Crippen molar-refractivity contribution in [2.24, 2.45) is 0 Å². The lowest BCUT2D eigenvalue weighted by atomic mass is 9.87. The molecule has 0 radical (unpaired) electrons. The van der Waals surface area contributed by atoms with E-state index in [4.69, 9.17) is 9.47 Å². The van der Waals surface area contributed by atoms with Crippen LogP contribution in [0.1, 0.15) is 74.5 Å². The van der Waals surface area contributed by atoms with Crippen LogP contribution in [0.3, 0.4) is 0 Å². The minimum absolute atomic E-state index is 0.00306. The zero-order valence-corrected chi connectivity index (χ0v) is 36.6. The molecule has 9 rings (SSSR count). The Kier molecular flexibility index (Phi) is 12.5. The predicted molar refractivity (Wildman–Crippen MR) is 234 cm³/mol. The summed E-state index contributed by atoms with van der Waals surface area (Å²) in [6.45, 7) is 2.33. The maximum atomic E-state index is 15.3. The second-order valence-electron chi connectivity index (χ2n) is 17.7. The van der Waals surface area contributed by atoms with Crippen LogP contribution in [0.25, 0.3) is 10.9 Å². The minimum Gasteiger partial charge on any atom is -0.453 e. The summed E-state index contributed by atoms with van der Waals surface area (Å²) in [5, 5.41) is 15.4. The van der Waals surface area contributed by atoms with Gasteiger partial charge in [0.25, 0.3) is 5.56 Å². The van der Waals surface area contributed by atoms with E-state index < -0.39 is 56.6 Å². The van der Waals surface area contributed by atoms with E-state index in [1.54, 1.807) is 18.2 Å². The van der Waals surface area contributed by atoms with Crippen LogP contribution in [0.5, 0.6) is 11.5 Å². The number of likely N-dealkylation sites (tertiary alicyclic amines) is 2. The molecule has 5 aliphatic rings. The van der Waals surface area contributed by atoms with E-state index in [1.807, 2.05) is 4.90 Å². The molecule has 348 valence electrons. The highest BCUT2D eigenvalue weighted by Crippen LogP contribution is 2.41. The number of anilines is 2. The number of halogens is 3. The molecule has 3 atom stereocenters. The molecular weight excluding hydrogens is 884 g/mol. The van der Waals surface area contributed by atoms with E-state index in [9.17, 15) is 37.2 Å². The van der Waals surface area contributed by atoms with Gasteiger partial charge in [0.15, 0.2) is 11.6 Å². The van der Waals surface area contributed by atoms with Crippen molar-refractivity contribution in [3.63, 3.8) is 0 Å². The number of nitrogens with zero attached hydrogens (tertiary/aromatic N) is 6. The lowest BCUT2D eigenvalue weighted by molar-refractivity contribution is -0.137. The van der Waals surface area contributed by atoms with Crippen molar-refractivity contribution < 1.29 is 45.4 Å². The number of aromatic nitrogens is 2. The Hall–Kier alpha value is -6.08. The second kappa shape index (κ2) is 18.3. The monoisotopic (exact) mass is 931 g/mol. The van der Waals surface area contributed by atoms with Gasteiger partial charge in [-0.05, 0) is 112 Å². The van der Waals surface area contributed by atoms with Crippen LogP contribution in [-0.4, -0.2) is 120 Å². The summed E-state index contributed by atoms with van der Waals surface area (Å²) in [6.07, 6.45) is 3.77. The van der Waals surface area contributed by atoms with Crippen LogP contribution in [0.15, 0.2) is 59.7 Å². The molecule has 0 bridgehead atoms. The average molecular weight is 932 g/mol. The largest absolute Gasteiger partial charge is 0.453 e. The smallest absolute Gasteiger partial charge is 0.301 e. The van der Waals surface area contributed by atoms with Crippen LogP contribution in [0, 0.1) is 23.0 Å². The maximum absolute atomic E-state index is 15.3. The van der Waals surface area contributed by atoms with Gasteiger partial charge in [-0.2, -0.15) is 18.0 Å². The molecule has 1 aromatic heterocycles. The van der Waals surface area contributed by atoms with Gasteiger partial charge in [-0.3, -0.25) is 38.7 Å². The molecule has 3 amide bonds. The first kappa shape index (κ1) is 45.1. The van der Waals surface area contributed by atoms with Gasteiger partial charge in [0.05, 0.1) is 47.7 Å². The Bertz CT molecular complexity index is 2790. The molecule has 2 unspecified atom stereocenters. The van der Waals surface area contributed by atoms with Crippen LogP contribution in [0.2, 0.25) is 0 Å². The number of piperidine rings is 3. The first-order chi connectivity index (χ1) is 31.7. The molecule has 0 saturated carbocycles. The third-order valence-corrected chi connectivity index (χ3v) is 14.9. The highest BCUT2D eigenvalue weighted by atomic mass is 32.2. The fourth-order valence-corrected chi connectivity index (χ4v) is 11.0. The number of carbonyl (C=O) groups excluding carboxylic acids is 3. The summed E-state index contributed by atoms with van der Waals surface area (Å²) in [7, 11) is -4.26. The number of hydrogen-bond acceptors (Lipinski definition) is 12. The van der Waals surface area contributed by atoms with E-state index in [0.717, 1.165) is 16.4 Å². The zero-order valence-electron chi connectivity index (χ0n) is 35.8. The number of carbonyl (C=O) groups is 3. The first-order valence-corrected chi connectivity index (χ1v) is 23.5. The molecule has 4 aromatic rings. The van der Waals surface area contributed by atoms with E-state index >= 15 is 8.78 Å². The molecule has 5 saturated heterocycles. The zero-order chi connectivity index (χ0) is 46.3. The van der Waals surface area contributed by atoms with Crippen LogP contribution >= 0.6 is 0 Å². The molecular formula is C45H48F3N9O8S. The molecule has 66 heavy (non-hydrogen) atoms. The third-order valence-electron chi connectivity index (χ3n) is 13.4. The van der Waals surface area contributed by atoms with Crippen molar-refractivity contribution >= 4 is 50.2 Å². The van der Waals surface area contributed by atoms with Crippen molar-refractivity contribution in [2.75, 3.05) is 62.5 Å². The van der Waals surface area contributed by atoms with Crippen molar-refractivity contribution in [1.82, 2.24) is 29.0 Å². The van der Waals surface area contributed by atoms with Gasteiger partial charge in [0, 0.05) is 38.3 Å². The van der Waals surface area contributed by atoms with Gasteiger partial charge in [-0.25, -0.2) is 18.2 Å². The van der Waals surface area contributed by atoms with Crippen molar-refractivity contribution in [3.05, 3.63) is 88.0 Å². The topological polar surface area (TPSA) is 208 Å².